The Balaban J connectivity index is 3.62. The number of nitrogens with one attached hydrogen (secondary N) is 2. The number of nitrogens with zero attached hydrogens (tertiary/aromatic N) is 1. The fourth-order valence-corrected chi connectivity index (χ4v) is 3.66. The summed E-state index contributed by atoms with van der Waals surface area (Å²) in [5.74, 6) is -1.85. The molecule has 3 amide bonds. The summed E-state index contributed by atoms with van der Waals surface area (Å²) in [5.41, 5.74) is -0.0969. The van der Waals surface area contributed by atoms with E-state index in [2.05, 4.69) is 15.4 Å². The molecule has 0 bridgehead atoms. The number of alkyl carbamates (subject to hydrolysis) is 1. The van der Waals surface area contributed by atoms with Gasteiger partial charge >= 0.3 is 12.1 Å². The second-order valence-electron chi connectivity index (χ2n) is 10.8. The number of aryl methyl sites for hydroxylation is 1. The molecule has 0 spiro atoms. The van der Waals surface area contributed by atoms with Crippen molar-refractivity contribution in [3.63, 3.8) is 0 Å². The quantitative estimate of drug-likeness (QED) is 0.466. The van der Waals surface area contributed by atoms with Crippen LogP contribution in [0.5, 0.6) is 0 Å². The van der Waals surface area contributed by atoms with E-state index in [0.29, 0.717) is 12.0 Å². The number of hydrogen-bond donors (Lipinski definition) is 2. The second kappa shape index (κ2) is 12.7. The highest BCUT2D eigenvalue weighted by molar-refractivity contribution is 5.94. The van der Waals surface area contributed by atoms with Crippen molar-refractivity contribution in [1.29, 1.82) is 0 Å². The molecule has 0 heterocycles. The molecule has 2 unspecified atom stereocenters. The van der Waals surface area contributed by atoms with E-state index < -0.39 is 47.1 Å². The Morgan fingerprint density at radius 3 is 2.08 bits per heavy atom. The van der Waals surface area contributed by atoms with Crippen molar-refractivity contribution in [2.45, 2.75) is 92.0 Å². The number of rotatable bonds is 10. The minimum atomic E-state index is -1.06. The minimum Gasteiger partial charge on any atom is -0.468 e. The van der Waals surface area contributed by atoms with Gasteiger partial charge in [-0.05, 0) is 65.0 Å². The van der Waals surface area contributed by atoms with Gasteiger partial charge in [-0.2, -0.15) is 0 Å². The molecule has 1 aromatic rings. The van der Waals surface area contributed by atoms with E-state index in [9.17, 15) is 19.2 Å². The third-order valence-corrected chi connectivity index (χ3v) is 5.98. The molecule has 202 valence electrons. The number of carbonyl (C=O) groups is 4. The van der Waals surface area contributed by atoms with Gasteiger partial charge in [0, 0.05) is 5.54 Å². The third-order valence-electron chi connectivity index (χ3n) is 5.98. The van der Waals surface area contributed by atoms with Crippen molar-refractivity contribution < 1.29 is 28.7 Å². The fourth-order valence-electron chi connectivity index (χ4n) is 3.66. The predicted molar refractivity (Wildman–Crippen MR) is 138 cm³/mol. The maximum absolute atomic E-state index is 14.2. The molecule has 0 fully saturated rings. The zero-order chi connectivity index (χ0) is 27.8. The van der Waals surface area contributed by atoms with Crippen LogP contribution in [-0.2, 0) is 23.9 Å². The molecule has 1 rings (SSSR count). The molecular formula is C27H43N3O6. The lowest BCUT2D eigenvalue weighted by molar-refractivity contribution is -0.151. The number of ether oxygens (including phenoxy) is 2. The highest BCUT2D eigenvalue weighted by Gasteiger charge is 2.44. The summed E-state index contributed by atoms with van der Waals surface area (Å²) in [6, 6.07) is 5.28. The van der Waals surface area contributed by atoms with Crippen LogP contribution < -0.4 is 10.6 Å². The van der Waals surface area contributed by atoms with Crippen LogP contribution in [0, 0.1) is 12.8 Å². The van der Waals surface area contributed by atoms with Crippen molar-refractivity contribution in [3.05, 3.63) is 35.4 Å². The summed E-state index contributed by atoms with van der Waals surface area (Å²) < 4.78 is 10.1. The second-order valence-corrected chi connectivity index (χ2v) is 10.8. The van der Waals surface area contributed by atoms with Gasteiger partial charge in [-0.25, -0.2) is 4.79 Å². The van der Waals surface area contributed by atoms with Crippen LogP contribution in [0.3, 0.4) is 0 Å². The van der Waals surface area contributed by atoms with E-state index in [-0.39, 0.29) is 12.5 Å². The normalized spacial score (nSPS) is 13.4. The zero-order valence-electron chi connectivity index (χ0n) is 23.4. The number of amides is 3. The van der Waals surface area contributed by atoms with Crippen LogP contribution in [0.2, 0.25) is 0 Å². The van der Waals surface area contributed by atoms with Gasteiger partial charge in [0.05, 0.1) is 7.11 Å². The van der Waals surface area contributed by atoms with Crippen molar-refractivity contribution in [1.82, 2.24) is 15.5 Å². The molecule has 0 aliphatic heterocycles. The van der Waals surface area contributed by atoms with Gasteiger partial charge in [0.1, 0.15) is 24.2 Å². The highest BCUT2D eigenvalue weighted by Crippen LogP contribution is 2.34. The molecule has 0 aliphatic rings. The van der Waals surface area contributed by atoms with Crippen LogP contribution in [-0.4, -0.2) is 59.6 Å². The Morgan fingerprint density at radius 2 is 1.61 bits per heavy atom. The van der Waals surface area contributed by atoms with Crippen molar-refractivity contribution in [2.75, 3.05) is 13.7 Å². The van der Waals surface area contributed by atoms with Crippen molar-refractivity contribution >= 4 is 23.9 Å². The first-order valence-corrected chi connectivity index (χ1v) is 12.3. The Labute approximate surface area is 215 Å². The first-order chi connectivity index (χ1) is 16.6. The molecule has 2 N–H and O–H groups in total. The van der Waals surface area contributed by atoms with Crippen LogP contribution in [0.25, 0.3) is 0 Å². The summed E-state index contributed by atoms with van der Waals surface area (Å²) in [7, 11) is 1.24. The number of benzene rings is 1. The van der Waals surface area contributed by atoms with Crippen LogP contribution in [0.1, 0.15) is 79.0 Å². The molecule has 0 aromatic heterocycles. The Hall–Kier alpha value is -3.10. The van der Waals surface area contributed by atoms with Crippen LogP contribution in [0.4, 0.5) is 4.79 Å². The molecule has 0 saturated heterocycles. The largest absolute Gasteiger partial charge is 0.468 e. The van der Waals surface area contributed by atoms with Gasteiger partial charge in [0.2, 0.25) is 11.8 Å². The van der Waals surface area contributed by atoms with E-state index in [1.165, 1.54) is 12.0 Å². The van der Waals surface area contributed by atoms with Crippen molar-refractivity contribution in [3.8, 4) is 0 Å². The summed E-state index contributed by atoms with van der Waals surface area (Å²) in [5, 5.41) is 5.32. The van der Waals surface area contributed by atoms with Gasteiger partial charge in [-0.3, -0.25) is 14.4 Å². The topological polar surface area (TPSA) is 114 Å². The number of methoxy groups -OCH3 is 1. The van der Waals surface area contributed by atoms with E-state index in [1.54, 1.807) is 32.9 Å². The predicted octanol–water partition coefficient (Wildman–Crippen LogP) is 3.89. The molecular weight excluding hydrogens is 462 g/mol. The number of carbonyl (C=O) groups excluding carboxylic acids is 4. The van der Waals surface area contributed by atoms with Gasteiger partial charge in [-0.1, -0.05) is 45.0 Å². The lowest BCUT2D eigenvalue weighted by Crippen LogP contribution is -2.60. The average Bonchev–Trinajstić information content (AvgIpc) is 2.77. The maximum atomic E-state index is 14.2. The summed E-state index contributed by atoms with van der Waals surface area (Å²) in [6.45, 7) is 16.0. The van der Waals surface area contributed by atoms with E-state index in [4.69, 9.17) is 4.74 Å². The van der Waals surface area contributed by atoms with E-state index in [1.807, 2.05) is 53.7 Å². The number of hydrogen-bond acceptors (Lipinski definition) is 6. The molecule has 0 saturated carbocycles. The lowest BCUT2D eigenvalue weighted by Gasteiger charge is -2.45. The Morgan fingerprint density at radius 1 is 1.03 bits per heavy atom. The minimum absolute atomic E-state index is 0.296. The first kappa shape index (κ1) is 30.9. The van der Waals surface area contributed by atoms with Crippen LogP contribution >= 0.6 is 0 Å². The maximum Gasteiger partial charge on any atom is 0.408 e. The van der Waals surface area contributed by atoms with E-state index >= 15 is 0 Å². The number of esters is 1. The summed E-state index contributed by atoms with van der Waals surface area (Å²) in [6.07, 6.45) is -0.186. The lowest BCUT2D eigenvalue weighted by atomic mass is 9.89. The molecule has 0 radical (unpaired) electrons. The van der Waals surface area contributed by atoms with Gasteiger partial charge < -0.3 is 25.0 Å². The average molecular weight is 506 g/mol. The van der Waals surface area contributed by atoms with Gasteiger partial charge in [-0.15, -0.1) is 0 Å². The first-order valence-electron chi connectivity index (χ1n) is 12.3. The Bertz CT molecular complexity index is 936. The Kier molecular flexibility index (Phi) is 10.9. The van der Waals surface area contributed by atoms with Crippen LogP contribution in [0.15, 0.2) is 24.3 Å². The summed E-state index contributed by atoms with van der Waals surface area (Å²) >= 11 is 0. The monoisotopic (exact) mass is 505 g/mol. The smallest absolute Gasteiger partial charge is 0.408 e. The molecule has 1 aromatic carbocycles. The van der Waals surface area contributed by atoms with Crippen molar-refractivity contribution in [2.24, 2.45) is 5.92 Å². The molecule has 36 heavy (non-hydrogen) atoms. The summed E-state index contributed by atoms with van der Waals surface area (Å²) in [4.78, 5) is 53.7. The SMILES string of the molecule is CCC(C)(C)N(C(=O)C(NC(=O)OC(C)(C)C)C(C)C)C(C(=O)NCC(=O)OC)c1ccccc1C. The fraction of sp³-hybridized carbons (Fsp3) is 0.630. The van der Waals surface area contributed by atoms with Gasteiger partial charge in [0.25, 0.3) is 0 Å². The molecule has 9 nitrogen and oxygen atoms in total. The van der Waals surface area contributed by atoms with E-state index in [0.717, 1.165) is 5.56 Å². The zero-order valence-corrected chi connectivity index (χ0v) is 23.4. The standard InChI is InChI=1S/C27H43N3O6/c1-11-27(8,9)30(24(33)21(17(2)3)29-25(34)36-26(5,6)7)22(19-15-13-12-14-18(19)4)23(32)28-16-20(31)35-10/h12-15,17,21-22H,11,16H2,1-10H3,(H,28,32)(H,29,34). The third kappa shape index (κ3) is 8.53. The molecule has 0 aliphatic carbocycles. The molecule has 9 heteroatoms. The highest BCUT2D eigenvalue weighted by atomic mass is 16.6. The van der Waals surface area contributed by atoms with Gasteiger partial charge in [0.15, 0.2) is 0 Å². The molecule has 2 atom stereocenters.